The van der Waals surface area contributed by atoms with Crippen molar-refractivity contribution in [2.24, 2.45) is 5.92 Å². The summed E-state index contributed by atoms with van der Waals surface area (Å²) in [5.41, 5.74) is 1.05. The summed E-state index contributed by atoms with van der Waals surface area (Å²) < 4.78 is 10.1. The molecule has 0 saturated carbocycles. The molecule has 0 bridgehead atoms. The smallest absolute Gasteiger partial charge is 0.337 e. The number of ether oxygens (including phenoxy) is 2. The molecule has 2 rings (SSSR count). The molecule has 2 N–H and O–H groups in total. The molecule has 0 aromatic carbocycles. The van der Waals surface area contributed by atoms with Gasteiger partial charge >= 0.3 is 11.9 Å². The van der Waals surface area contributed by atoms with Crippen molar-refractivity contribution in [1.82, 2.24) is 0 Å². The highest BCUT2D eigenvalue weighted by Crippen LogP contribution is 2.45. The third-order valence-electron chi connectivity index (χ3n) is 3.34. The van der Waals surface area contributed by atoms with Gasteiger partial charge in [0.05, 0.1) is 18.3 Å². The van der Waals surface area contributed by atoms with Crippen LogP contribution in [0.25, 0.3) is 0 Å². The molecule has 108 valence electrons. The standard InChI is InChI=1S/C14H16O6/c1-6(2)4-9-10(13(16)17)7-5-8(14(18)19-3)11(15)12(7)20-9/h4,7,12,15H,5H2,1-3H3,(H,16,17)/t7-,12+/m0/s1. The molecule has 6 nitrogen and oxygen atoms in total. The van der Waals surface area contributed by atoms with Crippen LogP contribution in [0.1, 0.15) is 20.3 Å². The SMILES string of the molecule is COC(=O)C1=C(O)[C@@H]2OC(C=C(C)C)=C(C(=O)O)[C@@H]2C1. The van der Waals surface area contributed by atoms with Crippen molar-refractivity contribution in [3.8, 4) is 0 Å². The van der Waals surface area contributed by atoms with E-state index < -0.39 is 24.0 Å². The predicted octanol–water partition coefficient (Wildman–Crippen LogP) is 1.70. The van der Waals surface area contributed by atoms with E-state index in [-0.39, 0.29) is 29.1 Å². The zero-order chi connectivity index (χ0) is 15.0. The van der Waals surface area contributed by atoms with Gasteiger partial charge in [-0.2, -0.15) is 0 Å². The molecular formula is C14H16O6. The van der Waals surface area contributed by atoms with Crippen LogP contribution in [0.2, 0.25) is 0 Å². The minimum atomic E-state index is -1.11. The number of allylic oxidation sites excluding steroid dienone is 2. The molecule has 0 fully saturated rings. The molecule has 6 heteroatoms. The lowest BCUT2D eigenvalue weighted by Crippen LogP contribution is -2.18. The Hall–Kier alpha value is -2.24. The van der Waals surface area contributed by atoms with Crippen LogP contribution in [-0.4, -0.2) is 35.4 Å². The third kappa shape index (κ3) is 2.17. The topological polar surface area (TPSA) is 93.1 Å². The maximum absolute atomic E-state index is 11.5. The quantitative estimate of drug-likeness (QED) is 0.764. The fraction of sp³-hybridized carbons (Fsp3) is 0.429. The normalized spacial score (nSPS) is 24.4. The number of hydrogen-bond donors (Lipinski definition) is 2. The Morgan fingerprint density at radius 3 is 2.55 bits per heavy atom. The lowest BCUT2D eigenvalue weighted by molar-refractivity contribution is -0.137. The first-order valence-corrected chi connectivity index (χ1v) is 6.16. The fourth-order valence-electron chi connectivity index (χ4n) is 2.52. The number of hydrogen-bond acceptors (Lipinski definition) is 5. The fourth-order valence-corrected chi connectivity index (χ4v) is 2.52. The minimum absolute atomic E-state index is 0.0810. The Labute approximate surface area is 116 Å². The average molecular weight is 280 g/mol. The highest BCUT2D eigenvalue weighted by molar-refractivity contribution is 5.93. The van der Waals surface area contributed by atoms with Gasteiger partial charge in [0.25, 0.3) is 0 Å². The summed E-state index contributed by atoms with van der Waals surface area (Å²) in [4.78, 5) is 22.9. The second-order valence-corrected chi connectivity index (χ2v) is 5.01. The Morgan fingerprint density at radius 2 is 2.05 bits per heavy atom. The van der Waals surface area contributed by atoms with Gasteiger partial charge in [-0.3, -0.25) is 0 Å². The van der Waals surface area contributed by atoms with Gasteiger partial charge in [0.15, 0.2) is 6.10 Å². The van der Waals surface area contributed by atoms with Crippen molar-refractivity contribution < 1.29 is 29.3 Å². The number of aliphatic hydroxyl groups excluding tert-OH is 1. The number of carbonyl (C=O) groups excluding carboxylic acids is 1. The highest BCUT2D eigenvalue weighted by atomic mass is 16.5. The molecule has 20 heavy (non-hydrogen) atoms. The second-order valence-electron chi connectivity index (χ2n) is 5.01. The number of rotatable bonds is 3. The Kier molecular flexibility index (Phi) is 3.57. The number of methoxy groups -OCH3 is 1. The zero-order valence-electron chi connectivity index (χ0n) is 11.5. The molecule has 1 aliphatic heterocycles. The van der Waals surface area contributed by atoms with Gasteiger partial charge in [0.1, 0.15) is 11.5 Å². The average Bonchev–Trinajstić information content (AvgIpc) is 2.85. The molecule has 0 amide bonds. The molecule has 0 radical (unpaired) electrons. The lowest BCUT2D eigenvalue weighted by Gasteiger charge is -2.11. The number of carbonyl (C=O) groups is 2. The lowest BCUT2D eigenvalue weighted by atomic mass is 9.94. The molecule has 0 unspecified atom stereocenters. The van der Waals surface area contributed by atoms with Crippen LogP contribution in [0, 0.1) is 5.92 Å². The summed E-state index contributed by atoms with van der Waals surface area (Å²) in [5, 5.41) is 19.4. The van der Waals surface area contributed by atoms with Crippen LogP contribution in [0.15, 0.2) is 34.3 Å². The van der Waals surface area contributed by atoms with Crippen LogP contribution >= 0.6 is 0 Å². The van der Waals surface area contributed by atoms with Crippen molar-refractivity contribution in [3.63, 3.8) is 0 Å². The van der Waals surface area contributed by atoms with Crippen molar-refractivity contribution in [1.29, 1.82) is 0 Å². The van der Waals surface area contributed by atoms with E-state index in [2.05, 4.69) is 4.74 Å². The van der Waals surface area contributed by atoms with Gasteiger partial charge in [-0.1, -0.05) is 5.57 Å². The highest BCUT2D eigenvalue weighted by Gasteiger charge is 2.49. The van der Waals surface area contributed by atoms with Crippen LogP contribution in [-0.2, 0) is 19.1 Å². The van der Waals surface area contributed by atoms with Gasteiger partial charge in [0.2, 0.25) is 0 Å². The predicted molar refractivity (Wildman–Crippen MR) is 68.7 cm³/mol. The maximum atomic E-state index is 11.5. The first kappa shape index (κ1) is 14.2. The number of carboxylic acids is 1. The molecular weight excluding hydrogens is 264 g/mol. The maximum Gasteiger partial charge on any atom is 0.337 e. The van der Waals surface area contributed by atoms with Crippen molar-refractivity contribution >= 4 is 11.9 Å². The largest absolute Gasteiger partial charge is 0.508 e. The van der Waals surface area contributed by atoms with E-state index in [1.165, 1.54) is 7.11 Å². The Bertz CT molecular complexity index is 562. The minimum Gasteiger partial charge on any atom is -0.508 e. The van der Waals surface area contributed by atoms with Gasteiger partial charge < -0.3 is 19.7 Å². The van der Waals surface area contributed by atoms with E-state index in [4.69, 9.17) is 4.74 Å². The van der Waals surface area contributed by atoms with Crippen LogP contribution in [0.3, 0.4) is 0 Å². The Balaban J connectivity index is 2.38. The summed E-state index contributed by atoms with van der Waals surface area (Å²) in [5.74, 6) is -2.33. The third-order valence-corrected chi connectivity index (χ3v) is 3.34. The monoisotopic (exact) mass is 280 g/mol. The molecule has 2 atom stereocenters. The zero-order valence-corrected chi connectivity index (χ0v) is 11.5. The van der Waals surface area contributed by atoms with Gasteiger partial charge in [0, 0.05) is 5.92 Å². The van der Waals surface area contributed by atoms with E-state index in [0.717, 1.165) is 5.57 Å². The molecule has 1 heterocycles. The number of aliphatic carboxylic acids is 1. The number of aliphatic hydroxyl groups is 1. The molecule has 1 aliphatic carbocycles. The second kappa shape index (κ2) is 5.03. The van der Waals surface area contributed by atoms with Crippen molar-refractivity contribution in [3.05, 3.63) is 34.3 Å². The van der Waals surface area contributed by atoms with Crippen molar-refractivity contribution in [2.45, 2.75) is 26.4 Å². The molecule has 0 saturated heterocycles. The van der Waals surface area contributed by atoms with Gasteiger partial charge in [-0.25, -0.2) is 9.59 Å². The molecule has 2 aliphatic rings. The van der Waals surface area contributed by atoms with E-state index in [1.54, 1.807) is 6.08 Å². The van der Waals surface area contributed by atoms with Crippen molar-refractivity contribution in [2.75, 3.05) is 7.11 Å². The van der Waals surface area contributed by atoms with Gasteiger partial charge in [-0.15, -0.1) is 0 Å². The first-order chi connectivity index (χ1) is 9.36. The molecule has 0 spiro atoms. The van der Waals surface area contributed by atoms with Gasteiger partial charge in [-0.05, 0) is 26.3 Å². The summed E-state index contributed by atoms with van der Waals surface area (Å²) in [6, 6.07) is 0. The summed E-state index contributed by atoms with van der Waals surface area (Å²) in [7, 11) is 1.21. The number of carboxylic acid groups (broad SMARTS) is 1. The van der Waals surface area contributed by atoms with Crippen LogP contribution < -0.4 is 0 Å². The van der Waals surface area contributed by atoms with E-state index >= 15 is 0 Å². The summed E-state index contributed by atoms with van der Waals surface area (Å²) >= 11 is 0. The molecule has 0 aromatic heterocycles. The van der Waals surface area contributed by atoms with E-state index in [9.17, 15) is 19.8 Å². The van der Waals surface area contributed by atoms with E-state index in [0.29, 0.717) is 0 Å². The molecule has 0 aromatic rings. The number of esters is 1. The van der Waals surface area contributed by atoms with Crippen LogP contribution in [0.5, 0.6) is 0 Å². The number of fused-ring (bicyclic) bond motifs is 1. The van der Waals surface area contributed by atoms with Crippen LogP contribution in [0.4, 0.5) is 0 Å². The Morgan fingerprint density at radius 1 is 1.40 bits per heavy atom. The summed E-state index contributed by atoms with van der Waals surface area (Å²) in [6.07, 6.45) is 0.901. The first-order valence-electron chi connectivity index (χ1n) is 6.16. The van der Waals surface area contributed by atoms with E-state index in [1.807, 2.05) is 13.8 Å². The summed E-state index contributed by atoms with van der Waals surface area (Å²) in [6.45, 7) is 3.64.